The van der Waals surface area contributed by atoms with Gasteiger partial charge >= 0.3 is 0 Å². The second-order valence-electron chi connectivity index (χ2n) is 16.2. The van der Waals surface area contributed by atoms with Gasteiger partial charge in [-0.3, -0.25) is 4.79 Å². The number of amides is 1. The molecule has 6 N–H and O–H groups in total. The summed E-state index contributed by atoms with van der Waals surface area (Å²) in [6.45, 7) is 3.70. The Morgan fingerprint density at radius 3 is 1.53 bits per heavy atom. The van der Waals surface area contributed by atoms with Crippen LogP contribution < -0.4 is 5.32 Å². The summed E-state index contributed by atoms with van der Waals surface area (Å²) in [5, 5.41) is 54.1. The highest BCUT2D eigenvalue weighted by Crippen LogP contribution is 2.22. The first-order valence-corrected chi connectivity index (χ1v) is 23.4. The van der Waals surface area contributed by atoms with Crippen molar-refractivity contribution < 1.29 is 39.8 Å². The van der Waals surface area contributed by atoms with Gasteiger partial charge in [-0.25, -0.2) is 0 Å². The van der Waals surface area contributed by atoms with Crippen molar-refractivity contribution in [2.45, 2.75) is 236 Å². The molecule has 1 aliphatic heterocycles. The van der Waals surface area contributed by atoms with Crippen molar-refractivity contribution in [3.8, 4) is 0 Å². The van der Waals surface area contributed by atoms with Crippen LogP contribution in [0.3, 0.4) is 0 Å². The number of rotatable bonds is 38. The summed E-state index contributed by atoms with van der Waals surface area (Å²) in [6, 6.07) is -0.831. The molecule has 7 unspecified atom stereocenters. The summed E-state index contributed by atoms with van der Waals surface area (Å²) in [5.41, 5.74) is 0. The second kappa shape index (κ2) is 38.4. The molecule has 7 atom stereocenters. The fourth-order valence-corrected chi connectivity index (χ4v) is 7.05. The quantitative estimate of drug-likeness (QED) is 0.0267. The molecule has 1 aliphatic rings. The lowest BCUT2D eigenvalue weighted by Crippen LogP contribution is -2.60. The number of carbonyl (C=O) groups is 1. The molecule has 1 amide bonds. The number of nitrogens with one attached hydrogen (secondary N) is 1. The van der Waals surface area contributed by atoms with Gasteiger partial charge in [0.05, 0.1) is 25.4 Å². The molecular weight excluding hydrogens is 719 g/mol. The first-order chi connectivity index (χ1) is 27.8. The van der Waals surface area contributed by atoms with Crippen LogP contribution in [0.25, 0.3) is 0 Å². The van der Waals surface area contributed by atoms with Crippen molar-refractivity contribution in [1.29, 1.82) is 0 Å². The molecule has 0 spiro atoms. The largest absolute Gasteiger partial charge is 0.394 e. The first-order valence-electron chi connectivity index (χ1n) is 23.4. The molecule has 1 saturated heterocycles. The number of hydrogen-bond acceptors (Lipinski definition) is 8. The summed E-state index contributed by atoms with van der Waals surface area (Å²) in [5.74, 6) is -0.204. The summed E-state index contributed by atoms with van der Waals surface area (Å²) >= 11 is 0. The standard InChI is InChI=1S/C48H87NO8/c1-3-5-7-9-11-13-15-16-17-18-19-20-21-22-23-24-25-26-28-29-31-33-35-37-42(51)41(40-56-48-47(55)46(54)45(53)43(39-50)57-48)49-44(52)38-36-34-32-30-27-14-12-10-8-6-4-2/h10,12,23-24,28-29,35,37,41-43,45-48,50-51,53-55H,3-9,11,13-22,25-27,30-34,36,38-40H2,1-2H3,(H,49,52)/b12-10-,24-23+,29-28+,37-35+. The van der Waals surface area contributed by atoms with Crippen LogP contribution in [0.5, 0.6) is 0 Å². The number of allylic oxidation sites excluding steroid dienone is 7. The van der Waals surface area contributed by atoms with Crippen molar-refractivity contribution >= 4 is 5.91 Å². The maximum atomic E-state index is 12.9. The molecule has 0 radical (unpaired) electrons. The Balaban J connectivity index is 2.35. The summed E-state index contributed by atoms with van der Waals surface area (Å²) in [4.78, 5) is 12.9. The van der Waals surface area contributed by atoms with Gasteiger partial charge in [0, 0.05) is 6.42 Å². The van der Waals surface area contributed by atoms with E-state index >= 15 is 0 Å². The van der Waals surface area contributed by atoms with Crippen LogP contribution in [0.15, 0.2) is 48.6 Å². The van der Waals surface area contributed by atoms with Crippen LogP contribution in [0.4, 0.5) is 0 Å². The van der Waals surface area contributed by atoms with Gasteiger partial charge in [0.2, 0.25) is 5.91 Å². The van der Waals surface area contributed by atoms with E-state index in [1.54, 1.807) is 6.08 Å². The molecule has 1 fully saturated rings. The lowest BCUT2D eigenvalue weighted by molar-refractivity contribution is -0.302. The highest BCUT2D eigenvalue weighted by molar-refractivity contribution is 5.76. The number of hydrogen-bond donors (Lipinski definition) is 6. The van der Waals surface area contributed by atoms with E-state index in [2.05, 4.69) is 55.6 Å². The molecule has 1 heterocycles. The van der Waals surface area contributed by atoms with Crippen LogP contribution in [0, 0.1) is 0 Å². The van der Waals surface area contributed by atoms with Crippen molar-refractivity contribution in [2.24, 2.45) is 0 Å². The highest BCUT2D eigenvalue weighted by atomic mass is 16.7. The highest BCUT2D eigenvalue weighted by Gasteiger charge is 2.44. The van der Waals surface area contributed by atoms with Crippen molar-refractivity contribution in [3.05, 3.63) is 48.6 Å². The lowest BCUT2D eigenvalue weighted by Gasteiger charge is -2.40. The fraction of sp³-hybridized carbons (Fsp3) is 0.812. The minimum atomic E-state index is -1.58. The van der Waals surface area contributed by atoms with E-state index in [1.165, 1.54) is 103 Å². The molecule has 9 nitrogen and oxygen atoms in total. The molecule has 0 aromatic rings. The van der Waals surface area contributed by atoms with Gasteiger partial charge < -0.3 is 40.3 Å². The minimum absolute atomic E-state index is 0.204. The first kappa shape index (κ1) is 53.2. The van der Waals surface area contributed by atoms with Gasteiger partial charge in [-0.1, -0.05) is 172 Å². The smallest absolute Gasteiger partial charge is 0.220 e. The predicted octanol–water partition coefficient (Wildman–Crippen LogP) is 9.84. The van der Waals surface area contributed by atoms with Gasteiger partial charge in [0.1, 0.15) is 24.4 Å². The third-order valence-electron chi connectivity index (χ3n) is 10.9. The number of ether oxygens (including phenoxy) is 2. The zero-order chi connectivity index (χ0) is 41.6. The van der Waals surface area contributed by atoms with Gasteiger partial charge in [-0.05, 0) is 64.2 Å². The topological polar surface area (TPSA) is 149 Å². The summed E-state index contributed by atoms with van der Waals surface area (Å²) < 4.78 is 11.2. The number of aliphatic hydroxyl groups excluding tert-OH is 5. The Morgan fingerprint density at radius 2 is 1.02 bits per heavy atom. The van der Waals surface area contributed by atoms with Gasteiger partial charge in [0.25, 0.3) is 0 Å². The van der Waals surface area contributed by atoms with Gasteiger partial charge in [0.15, 0.2) is 6.29 Å². The SMILES string of the molecule is CCCC/C=C\CCCCCCCC(=O)NC(COC1OC(CO)C(O)C(O)C1O)C(O)/C=C/CC/C=C/CC/C=C/CCCCCCCCCCCCCCC. The molecular formula is C48H87NO8. The Kier molecular flexibility index (Phi) is 35.8. The molecule has 0 saturated carbocycles. The summed E-state index contributed by atoms with van der Waals surface area (Å²) in [7, 11) is 0. The fourth-order valence-electron chi connectivity index (χ4n) is 7.05. The van der Waals surface area contributed by atoms with Crippen LogP contribution in [0.2, 0.25) is 0 Å². The normalized spacial score (nSPS) is 21.4. The minimum Gasteiger partial charge on any atom is -0.394 e. The van der Waals surface area contributed by atoms with Crippen LogP contribution in [-0.4, -0.2) is 87.5 Å². The van der Waals surface area contributed by atoms with Crippen molar-refractivity contribution in [3.63, 3.8) is 0 Å². The van der Waals surface area contributed by atoms with Crippen LogP contribution >= 0.6 is 0 Å². The Labute approximate surface area is 348 Å². The predicted molar refractivity (Wildman–Crippen MR) is 235 cm³/mol. The Hall–Kier alpha value is -1.85. The van der Waals surface area contributed by atoms with E-state index in [1.807, 2.05) is 6.08 Å². The maximum absolute atomic E-state index is 12.9. The monoisotopic (exact) mass is 806 g/mol. The molecule has 57 heavy (non-hydrogen) atoms. The molecule has 332 valence electrons. The van der Waals surface area contributed by atoms with E-state index in [-0.39, 0.29) is 12.5 Å². The zero-order valence-corrected chi connectivity index (χ0v) is 36.3. The number of aliphatic hydroxyl groups is 5. The Bertz CT molecular complexity index is 1030. The van der Waals surface area contributed by atoms with Gasteiger partial charge in [-0.2, -0.15) is 0 Å². The third-order valence-corrected chi connectivity index (χ3v) is 10.9. The molecule has 0 aromatic heterocycles. The Morgan fingerprint density at radius 1 is 0.579 bits per heavy atom. The van der Waals surface area contributed by atoms with Gasteiger partial charge in [-0.15, -0.1) is 0 Å². The molecule has 0 bridgehead atoms. The summed E-state index contributed by atoms with van der Waals surface area (Å²) in [6.07, 6.45) is 41.7. The van der Waals surface area contributed by atoms with E-state index in [9.17, 15) is 30.3 Å². The van der Waals surface area contributed by atoms with Crippen LogP contribution in [-0.2, 0) is 14.3 Å². The maximum Gasteiger partial charge on any atom is 0.220 e. The molecule has 9 heteroatoms. The molecule has 1 rings (SSSR count). The zero-order valence-electron chi connectivity index (χ0n) is 36.3. The van der Waals surface area contributed by atoms with Crippen molar-refractivity contribution in [2.75, 3.05) is 13.2 Å². The lowest BCUT2D eigenvalue weighted by atomic mass is 9.99. The molecule has 0 aliphatic carbocycles. The molecule has 0 aromatic carbocycles. The van der Waals surface area contributed by atoms with E-state index in [0.717, 1.165) is 70.6 Å². The average Bonchev–Trinajstić information content (AvgIpc) is 3.21. The number of carbonyl (C=O) groups excluding carboxylic acids is 1. The van der Waals surface area contributed by atoms with Crippen LogP contribution in [0.1, 0.15) is 194 Å². The average molecular weight is 806 g/mol. The van der Waals surface area contributed by atoms with E-state index in [4.69, 9.17) is 9.47 Å². The van der Waals surface area contributed by atoms with E-state index in [0.29, 0.717) is 6.42 Å². The number of unbranched alkanes of at least 4 members (excludes halogenated alkanes) is 22. The second-order valence-corrected chi connectivity index (χ2v) is 16.2. The van der Waals surface area contributed by atoms with Crippen molar-refractivity contribution in [1.82, 2.24) is 5.32 Å². The third kappa shape index (κ3) is 29.1. The van der Waals surface area contributed by atoms with E-state index < -0.39 is 49.5 Å².